The summed E-state index contributed by atoms with van der Waals surface area (Å²) in [6.45, 7) is 1.70. The number of nitrogens with one attached hydrogen (secondary N) is 1. The van der Waals surface area contributed by atoms with E-state index in [1.165, 1.54) is 18.5 Å². The van der Waals surface area contributed by atoms with Crippen molar-refractivity contribution < 1.29 is 13.2 Å². The first-order valence-corrected chi connectivity index (χ1v) is 7.72. The van der Waals surface area contributed by atoms with E-state index in [0.29, 0.717) is 22.8 Å². The highest BCUT2D eigenvalue weighted by molar-refractivity contribution is 7.92. The maximum absolute atomic E-state index is 12.8. The van der Waals surface area contributed by atoms with E-state index in [9.17, 15) is 8.42 Å². The minimum absolute atomic E-state index is 0.0465. The predicted octanol–water partition coefficient (Wildman–Crippen LogP) is 1.01. The number of nitrogens with zero attached hydrogens (tertiary/aromatic N) is 2. The van der Waals surface area contributed by atoms with Crippen molar-refractivity contribution in [2.45, 2.75) is 18.4 Å². The lowest BCUT2D eigenvalue weighted by Gasteiger charge is -2.20. The molecule has 1 aromatic carbocycles. The van der Waals surface area contributed by atoms with Gasteiger partial charge in [-0.1, -0.05) is 6.07 Å². The molecule has 0 radical (unpaired) electrons. The van der Waals surface area contributed by atoms with Crippen LogP contribution in [0.5, 0.6) is 5.75 Å². The van der Waals surface area contributed by atoms with Crippen LogP contribution < -0.4 is 14.8 Å². The first-order chi connectivity index (χ1) is 9.91. The molecule has 8 heteroatoms. The first-order valence-electron chi connectivity index (χ1n) is 6.28. The third-order valence-electron chi connectivity index (χ3n) is 3.19. The highest BCUT2D eigenvalue weighted by Gasteiger charge is 2.28. The van der Waals surface area contributed by atoms with Crippen LogP contribution in [0.3, 0.4) is 0 Å². The third kappa shape index (κ3) is 2.72. The predicted molar refractivity (Wildman–Crippen MR) is 79.8 cm³/mol. The summed E-state index contributed by atoms with van der Waals surface area (Å²) in [5.41, 5.74) is 6.84. The van der Waals surface area contributed by atoms with Gasteiger partial charge >= 0.3 is 0 Å². The molecule has 0 saturated heterocycles. The van der Waals surface area contributed by atoms with Crippen molar-refractivity contribution in [2.24, 2.45) is 5.73 Å². The van der Waals surface area contributed by atoms with Crippen LogP contribution in [0.1, 0.15) is 11.4 Å². The number of anilines is 1. The molecule has 0 saturated carbocycles. The van der Waals surface area contributed by atoms with E-state index in [1.54, 1.807) is 31.2 Å². The number of nitrogens with two attached hydrogens (primary N) is 1. The molecule has 1 aromatic heterocycles. The number of aromatic nitrogens is 2. The van der Waals surface area contributed by atoms with Gasteiger partial charge < -0.3 is 10.5 Å². The third-order valence-corrected chi connectivity index (χ3v) is 5.18. The molecule has 21 heavy (non-hydrogen) atoms. The van der Waals surface area contributed by atoms with Crippen LogP contribution in [0, 0.1) is 6.92 Å². The largest absolute Gasteiger partial charge is 0.497 e. The summed E-state index contributed by atoms with van der Waals surface area (Å²) < 4.78 is 31.8. The van der Waals surface area contributed by atoms with Crippen LogP contribution in [0.2, 0.25) is 0 Å². The van der Waals surface area contributed by atoms with Crippen LogP contribution in [-0.4, -0.2) is 32.8 Å². The Hall–Kier alpha value is -2.06. The summed E-state index contributed by atoms with van der Waals surface area (Å²) in [6.07, 6.45) is 0. The average Bonchev–Trinajstić information content (AvgIpc) is 2.88. The van der Waals surface area contributed by atoms with Crippen LogP contribution in [0.25, 0.3) is 0 Å². The molecule has 0 unspecified atom stereocenters. The number of ether oxygens (including phenoxy) is 1. The Kier molecular flexibility index (Phi) is 4.19. The number of rotatable bonds is 5. The van der Waals surface area contributed by atoms with Gasteiger partial charge in [0.05, 0.1) is 24.2 Å². The smallest absolute Gasteiger partial charge is 0.267 e. The van der Waals surface area contributed by atoms with Gasteiger partial charge in [-0.2, -0.15) is 5.10 Å². The Morgan fingerprint density at radius 1 is 1.43 bits per heavy atom. The molecule has 0 amide bonds. The summed E-state index contributed by atoms with van der Waals surface area (Å²) in [4.78, 5) is 0.121. The van der Waals surface area contributed by atoms with Gasteiger partial charge in [0, 0.05) is 19.7 Å². The molecule has 0 spiro atoms. The van der Waals surface area contributed by atoms with Crippen LogP contribution in [-0.2, 0) is 16.6 Å². The normalized spacial score (nSPS) is 11.4. The minimum atomic E-state index is -3.74. The molecule has 0 aliphatic heterocycles. The van der Waals surface area contributed by atoms with Crippen molar-refractivity contribution in [2.75, 3.05) is 18.5 Å². The molecule has 0 aliphatic rings. The molecule has 0 fully saturated rings. The lowest BCUT2D eigenvalue weighted by molar-refractivity contribution is 0.415. The van der Waals surface area contributed by atoms with E-state index in [4.69, 9.17) is 10.5 Å². The fourth-order valence-corrected chi connectivity index (χ4v) is 3.56. The number of methoxy groups -OCH3 is 1. The quantitative estimate of drug-likeness (QED) is 0.858. The van der Waals surface area contributed by atoms with Crippen molar-refractivity contribution in [3.05, 3.63) is 35.7 Å². The standard InChI is InChI=1S/C13H18N4O3S/c1-9-13(12(8-14)16-15-9)21(18,19)17(2)10-5-4-6-11(7-10)20-3/h4-7H,8,14H2,1-3H3,(H,15,16). The zero-order chi connectivity index (χ0) is 15.6. The topological polar surface area (TPSA) is 101 Å². The molecule has 0 atom stereocenters. The molecule has 7 nitrogen and oxygen atoms in total. The van der Waals surface area contributed by atoms with Crippen molar-refractivity contribution in [3.63, 3.8) is 0 Å². The molecule has 1 heterocycles. The molecule has 3 N–H and O–H groups in total. The van der Waals surface area contributed by atoms with Crippen molar-refractivity contribution in [1.29, 1.82) is 0 Å². The van der Waals surface area contributed by atoms with Gasteiger partial charge in [0.2, 0.25) is 0 Å². The lowest BCUT2D eigenvalue weighted by atomic mass is 10.3. The molecule has 2 rings (SSSR count). The zero-order valence-electron chi connectivity index (χ0n) is 12.1. The van der Waals surface area contributed by atoms with Gasteiger partial charge in [-0.05, 0) is 19.1 Å². The highest BCUT2D eigenvalue weighted by atomic mass is 32.2. The Balaban J connectivity index is 2.50. The van der Waals surface area contributed by atoms with E-state index in [0.717, 1.165) is 0 Å². The summed E-state index contributed by atoms with van der Waals surface area (Å²) >= 11 is 0. The number of hydrogen-bond acceptors (Lipinski definition) is 5. The number of aryl methyl sites for hydroxylation is 1. The monoisotopic (exact) mass is 310 g/mol. The molecule has 0 bridgehead atoms. The summed E-state index contributed by atoms with van der Waals surface area (Å²) in [5, 5.41) is 6.59. The number of sulfonamides is 1. The van der Waals surface area contributed by atoms with E-state index in [-0.39, 0.29) is 11.4 Å². The molecular weight excluding hydrogens is 292 g/mol. The van der Waals surface area contributed by atoms with Gasteiger partial charge in [-0.3, -0.25) is 9.40 Å². The molecule has 2 aromatic rings. The van der Waals surface area contributed by atoms with Gasteiger partial charge in [-0.25, -0.2) is 8.42 Å². The van der Waals surface area contributed by atoms with Gasteiger partial charge in [0.25, 0.3) is 10.0 Å². The van der Waals surface area contributed by atoms with Gasteiger partial charge in [0.15, 0.2) is 0 Å². The van der Waals surface area contributed by atoms with E-state index < -0.39 is 10.0 Å². The fourth-order valence-electron chi connectivity index (χ4n) is 2.03. The minimum Gasteiger partial charge on any atom is -0.497 e. The van der Waals surface area contributed by atoms with E-state index in [2.05, 4.69) is 10.2 Å². The Bertz CT molecular complexity index is 740. The second kappa shape index (κ2) is 5.74. The summed E-state index contributed by atoms with van der Waals surface area (Å²) in [6, 6.07) is 6.82. The van der Waals surface area contributed by atoms with Crippen LogP contribution in [0.4, 0.5) is 5.69 Å². The van der Waals surface area contributed by atoms with E-state index >= 15 is 0 Å². The Morgan fingerprint density at radius 2 is 2.14 bits per heavy atom. The van der Waals surface area contributed by atoms with Crippen LogP contribution >= 0.6 is 0 Å². The highest BCUT2D eigenvalue weighted by Crippen LogP contribution is 2.27. The second-order valence-electron chi connectivity index (χ2n) is 4.50. The van der Waals surface area contributed by atoms with Gasteiger partial charge in [0.1, 0.15) is 10.6 Å². The zero-order valence-corrected chi connectivity index (χ0v) is 12.9. The van der Waals surface area contributed by atoms with Crippen molar-refractivity contribution in [3.8, 4) is 5.75 Å². The first kappa shape index (κ1) is 15.3. The fraction of sp³-hybridized carbons (Fsp3) is 0.308. The Labute approximate surface area is 123 Å². The maximum atomic E-state index is 12.8. The Morgan fingerprint density at radius 3 is 2.76 bits per heavy atom. The van der Waals surface area contributed by atoms with Crippen molar-refractivity contribution in [1.82, 2.24) is 10.2 Å². The van der Waals surface area contributed by atoms with Gasteiger partial charge in [-0.15, -0.1) is 0 Å². The van der Waals surface area contributed by atoms with E-state index in [1.807, 2.05) is 0 Å². The number of H-pyrrole nitrogens is 1. The molecular formula is C13H18N4O3S. The average molecular weight is 310 g/mol. The summed E-state index contributed by atoms with van der Waals surface area (Å²) in [5.74, 6) is 0.581. The van der Waals surface area contributed by atoms with Crippen molar-refractivity contribution >= 4 is 15.7 Å². The maximum Gasteiger partial charge on any atom is 0.267 e. The SMILES string of the molecule is COc1cccc(N(C)S(=O)(=O)c2c(CN)n[nH]c2C)c1. The number of hydrogen-bond donors (Lipinski definition) is 2. The lowest BCUT2D eigenvalue weighted by Crippen LogP contribution is -2.28. The van der Waals surface area contributed by atoms with Crippen LogP contribution in [0.15, 0.2) is 29.2 Å². The summed E-state index contributed by atoms with van der Waals surface area (Å²) in [7, 11) is -0.732. The molecule has 114 valence electrons. The number of aromatic amines is 1. The molecule has 0 aliphatic carbocycles. The number of benzene rings is 1. The second-order valence-corrected chi connectivity index (χ2v) is 6.41.